The smallest absolute Gasteiger partial charge is 0.336 e. The van der Waals surface area contributed by atoms with Gasteiger partial charge in [0.1, 0.15) is 5.42 Å². The van der Waals surface area contributed by atoms with Crippen molar-refractivity contribution in [3.8, 4) is 0 Å². The van der Waals surface area contributed by atoms with Crippen LogP contribution in [0, 0.1) is 0 Å². The van der Waals surface area contributed by atoms with Crippen molar-refractivity contribution in [3.05, 3.63) is 45.3 Å². The predicted molar refractivity (Wildman–Crippen MR) is 53.6 cm³/mol. The third kappa shape index (κ3) is 2.44. The lowest BCUT2D eigenvalue weighted by atomic mass is 10.3. The van der Waals surface area contributed by atoms with Gasteiger partial charge in [-0.1, -0.05) is 18.2 Å². The molecule has 0 radical (unpaired) electrons. The summed E-state index contributed by atoms with van der Waals surface area (Å²) in [5.74, 6) is 0. The van der Waals surface area contributed by atoms with E-state index in [0.717, 1.165) is 5.22 Å². The molecule has 1 aromatic heterocycles. The van der Waals surface area contributed by atoms with E-state index in [0.29, 0.717) is 5.42 Å². The van der Waals surface area contributed by atoms with E-state index >= 15 is 0 Å². The van der Waals surface area contributed by atoms with Crippen molar-refractivity contribution in [2.24, 2.45) is 0 Å². The monoisotopic (exact) mass is 176 g/mol. The first-order chi connectivity index (χ1) is 6.27. The molecule has 68 valence electrons. The fourth-order valence-electron chi connectivity index (χ4n) is 1.00. The van der Waals surface area contributed by atoms with Gasteiger partial charge < -0.3 is 4.42 Å². The quantitative estimate of drug-likeness (QED) is 0.633. The van der Waals surface area contributed by atoms with Gasteiger partial charge in [-0.25, -0.2) is 4.79 Å². The van der Waals surface area contributed by atoms with Gasteiger partial charge in [-0.2, -0.15) is 0 Å². The van der Waals surface area contributed by atoms with Crippen LogP contribution in [0.2, 0.25) is 0 Å². The maximum atomic E-state index is 10.9. The van der Waals surface area contributed by atoms with Gasteiger partial charge in [-0.3, -0.25) is 0 Å². The molecule has 2 heteroatoms. The minimum Gasteiger partial charge on any atom is -0.423 e. The number of hydrogen-bond donors (Lipinski definition) is 0. The van der Waals surface area contributed by atoms with Crippen LogP contribution >= 0.6 is 0 Å². The first-order valence-corrected chi connectivity index (χ1v) is 4.17. The van der Waals surface area contributed by atoms with Crippen molar-refractivity contribution in [1.29, 1.82) is 0 Å². The van der Waals surface area contributed by atoms with E-state index in [4.69, 9.17) is 4.42 Å². The van der Waals surface area contributed by atoms with E-state index in [1.54, 1.807) is 12.1 Å². The average molecular weight is 176 g/mol. The minimum absolute atomic E-state index is 0.314. The third-order valence-electron chi connectivity index (χ3n) is 1.62. The van der Waals surface area contributed by atoms with Crippen LogP contribution in [-0.4, -0.2) is 0 Å². The van der Waals surface area contributed by atoms with Gasteiger partial charge in [0.15, 0.2) is 0 Å². The summed E-state index contributed by atoms with van der Waals surface area (Å²) < 4.78 is 4.98. The molecule has 1 heterocycles. The van der Waals surface area contributed by atoms with E-state index < -0.39 is 0 Å². The van der Waals surface area contributed by atoms with Crippen LogP contribution in [0.15, 0.2) is 33.5 Å². The van der Waals surface area contributed by atoms with Gasteiger partial charge in [-0.15, -0.1) is 0 Å². The second-order valence-corrected chi connectivity index (χ2v) is 2.56. The summed E-state index contributed by atoms with van der Waals surface area (Å²) in [4.78, 5) is 10.9. The van der Waals surface area contributed by atoms with Crippen LogP contribution < -0.4 is 16.3 Å². The van der Waals surface area contributed by atoms with E-state index in [-0.39, 0.29) is 5.63 Å². The van der Waals surface area contributed by atoms with Gasteiger partial charge in [0.05, 0.1) is 0 Å². The van der Waals surface area contributed by atoms with E-state index in [9.17, 15) is 4.79 Å². The summed E-state index contributed by atoms with van der Waals surface area (Å²) in [6.07, 6.45) is 7.50. The zero-order valence-corrected chi connectivity index (χ0v) is 7.78. The Morgan fingerprint density at radius 1 is 1.31 bits per heavy atom. The summed E-state index contributed by atoms with van der Waals surface area (Å²) >= 11 is 0. The maximum Gasteiger partial charge on any atom is 0.336 e. The van der Waals surface area contributed by atoms with Gasteiger partial charge in [0.2, 0.25) is 0 Å². The highest BCUT2D eigenvalue weighted by Crippen LogP contribution is 1.71. The Morgan fingerprint density at radius 3 is 2.69 bits per heavy atom. The third-order valence-corrected chi connectivity index (χ3v) is 1.62. The molecule has 0 aliphatic rings. The van der Waals surface area contributed by atoms with Crippen LogP contribution in [0.1, 0.15) is 13.8 Å². The SMILES string of the molecule is C\C=C/C=c1/ccc(=O)o/c1=C/C. The predicted octanol–water partition coefficient (Wildman–Crippen LogP) is 0.797. The molecule has 0 saturated heterocycles. The summed E-state index contributed by atoms with van der Waals surface area (Å²) in [6.45, 7) is 3.77. The Kier molecular flexibility index (Phi) is 3.26. The van der Waals surface area contributed by atoms with E-state index in [1.807, 2.05) is 32.1 Å². The first-order valence-electron chi connectivity index (χ1n) is 4.17. The van der Waals surface area contributed by atoms with Crippen LogP contribution in [-0.2, 0) is 0 Å². The lowest BCUT2D eigenvalue weighted by molar-refractivity contribution is 0.473. The van der Waals surface area contributed by atoms with Gasteiger partial charge in [0.25, 0.3) is 0 Å². The van der Waals surface area contributed by atoms with Crippen molar-refractivity contribution in [1.82, 2.24) is 0 Å². The molecular weight excluding hydrogens is 164 g/mol. The molecule has 2 nitrogen and oxygen atoms in total. The molecule has 0 unspecified atom stereocenters. The zero-order valence-electron chi connectivity index (χ0n) is 7.78. The molecule has 0 amide bonds. The number of rotatable bonds is 1. The number of allylic oxidation sites excluding steroid dienone is 2. The molecule has 0 bridgehead atoms. The molecule has 0 aliphatic carbocycles. The van der Waals surface area contributed by atoms with Gasteiger partial charge in [0, 0.05) is 11.3 Å². The summed E-state index contributed by atoms with van der Waals surface area (Å²) in [5, 5.41) is 0.917. The van der Waals surface area contributed by atoms with Crippen molar-refractivity contribution >= 4 is 12.2 Å². The van der Waals surface area contributed by atoms with Gasteiger partial charge in [-0.05, 0) is 26.0 Å². The Hall–Kier alpha value is -1.57. The number of hydrogen-bond acceptors (Lipinski definition) is 2. The molecule has 0 aliphatic heterocycles. The molecule has 0 spiro atoms. The molecule has 0 N–H and O–H groups in total. The fourth-order valence-corrected chi connectivity index (χ4v) is 1.00. The largest absolute Gasteiger partial charge is 0.423 e. The zero-order chi connectivity index (χ0) is 9.68. The first kappa shape index (κ1) is 9.52. The Balaban J connectivity index is 3.48. The molecule has 0 aromatic carbocycles. The highest BCUT2D eigenvalue weighted by Gasteiger charge is 1.86. The van der Waals surface area contributed by atoms with E-state index in [1.165, 1.54) is 6.07 Å². The lowest BCUT2D eigenvalue weighted by Crippen LogP contribution is -2.27. The molecule has 1 aromatic rings. The highest BCUT2D eigenvalue weighted by atomic mass is 16.4. The highest BCUT2D eigenvalue weighted by molar-refractivity contribution is 5.36. The van der Waals surface area contributed by atoms with Crippen molar-refractivity contribution < 1.29 is 4.42 Å². The van der Waals surface area contributed by atoms with Gasteiger partial charge >= 0.3 is 5.63 Å². The van der Waals surface area contributed by atoms with Crippen LogP contribution in [0.3, 0.4) is 0 Å². The Bertz CT molecular complexity index is 464. The Morgan fingerprint density at radius 2 is 2.08 bits per heavy atom. The molecule has 1 rings (SSSR count). The Labute approximate surface area is 76.5 Å². The van der Waals surface area contributed by atoms with Crippen LogP contribution in [0.4, 0.5) is 0 Å². The fraction of sp³-hybridized carbons (Fsp3) is 0.182. The summed E-state index contributed by atoms with van der Waals surface area (Å²) in [7, 11) is 0. The molecule has 0 atom stereocenters. The normalized spacial score (nSPS) is 14.3. The minimum atomic E-state index is -0.314. The van der Waals surface area contributed by atoms with E-state index in [2.05, 4.69) is 0 Å². The van der Waals surface area contributed by atoms with Crippen molar-refractivity contribution in [2.75, 3.05) is 0 Å². The van der Waals surface area contributed by atoms with Crippen LogP contribution in [0.5, 0.6) is 0 Å². The second-order valence-electron chi connectivity index (χ2n) is 2.56. The summed E-state index contributed by atoms with van der Waals surface area (Å²) in [5.41, 5.74) is 0.302. The lowest BCUT2D eigenvalue weighted by Gasteiger charge is -1.86. The molecular formula is C11H12O2. The molecule has 0 saturated carbocycles. The maximum absolute atomic E-state index is 10.9. The second kappa shape index (κ2) is 4.45. The molecule has 13 heavy (non-hydrogen) atoms. The average Bonchev–Trinajstić information content (AvgIpc) is 2.16. The summed E-state index contributed by atoms with van der Waals surface area (Å²) in [6, 6.07) is 3.17. The van der Waals surface area contributed by atoms with Crippen molar-refractivity contribution in [2.45, 2.75) is 13.8 Å². The standard InChI is InChI=1S/C11H12O2/c1-3-5-6-9-7-8-11(12)13-10(9)4-2/h3-8H,1-2H3/b5-3-,9-6-,10-4+. The molecule has 0 fully saturated rings. The van der Waals surface area contributed by atoms with Crippen LogP contribution in [0.25, 0.3) is 12.2 Å². The van der Waals surface area contributed by atoms with Crippen molar-refractivity contribution in [3.63, 3.8) is 0 Å². The topological polar surface area (TPSA) is 30.2 Å².